The number of fused-ring (bicyclic) bond motifs is 1. The van der Waals surface area contributed by atoms with Gasteiger partial charge in [0.1, 0.15) is 23.7 Å². The first-order chi connectivity index (χ1) is 14.2. The highest BCUT2D eigenvalue weighted by molar-refractivity contribution is 6.30. The molecule has 0 unspecified atom stereocenters. The Morgan fingerprint density at radius 3 is 2.83 bits per heavy atom. The van der Waals surface area contributed by atoms with E-state index in [1.807, 2.05) is 0 Å². The summed E-state index contributed by atoms with van der Waals surface area (Å²) in [5.74, 6) is 0.624. The van der Waals surface area contributed by atoms with Crippen LogP contribution in [-0.4, -0.2) is 42.9 Å². The fraction of sp³-hybridized carbons (Fsp3) is 0.300. The van der Waals surface area contributed by atoms with E-state index in [9.17, 15) is 4.39 Å². The van der Waals surface area contributed by atoms with Gasteiger partial charge in [0.2, 0.25) is 0 Å². The molecule has 0 saturated carbocycles. The molecule has 2 aromatic carbocycles. The van der Waals surface area contributed by atoms with Crippen molar-refractivity contribution in [1.29, 1.82) is 0 Å². The van der Waals surface area contributed by atoms with Gasteiger partial charge in [0.15, 0.2) is 13.1 Å². The number of halogens is 2. The first kappa shape index (κ1) is 19.8. The molecule has 1 saturated heterocycles. The molecule has 1 aliphatic heterocycles. The lowest BCUT2D eigenvalue weighted by Crippen LogP contribution is -2.13. The van der Waals surface area contributed by atoms with Gasteiger partial charge in [-0.2, -0.15) is 0 Å². The minimum absolute atomic E-state index is 0.102. The van der Waals surface area contributed by atoms with E-state index < -0.39 is 5.82 Å². The lowest BCUT2D eigenvalue weighted by atomic mass is 10.2. The van der Waals surface area contributed by atoms with Crippen LogP contribution in [0.5, 0.6) is 5.75 Å². The van der Waals surface area contributed by atoms with Crippen LogP contribution in [0.2, 0.25) is 5.02 Å². The van der Waals surface area contributed by atoms with Gasteiger partial charge in [0.25, 0.3) is 0 Å². The van der Waals surface area contributed by atoms with Gasteiger partial charge in [0.05, 0.1) is 31.0 Å². The van der Waals surface area contributed by atoms with Crippen LogP contribution in [0.1, 0.15) is 6.42 Å². The molecule has 0 spiro atoms. The van der Waals surface area contributed by atoms with Gasteiger partial charge in [-0.3, -0.25) is 0 Å². The van der Waals surface area contributed by atoms with Crippen molar-refractivity contribution in [3.05, 3.63) is 53.6 Å². The normalized spacial score (nSPS) is 14.4. The highest BCUT2D eigenvalue weighted by atomic mass is 35.5. The maximum atomic E-state index is 14.1. The predicted octanol–water partition coefficient (Wildman–Crippen LogP) is 4.28. The smallest absolute Gasteiger partial charge is 0.189 e. The van der Waals surface area contributed by atoms with Crippen LogP contribution in [0.3, 0.4) is 0 Å². The maximum absolute atomic E-state index is 14.1. The summed E-state index contributed by atoms with van der Waals surface area (Å²) in [6.45, 7) is 1.83. The molecule has 152 valence electrons. The summed E-state index contributed by atoms with van der Waals surface area (Å²) in [6.07, 6.45) is 1.87. The molecule has 1 aromatic heterocycles. The van der Waals surface area contributed by atoms with Gasteiger partial charge in [-0.15, -0.1) is 0 Å². The third kappa shape index (κ3) is 5.10. The van der Waals surface area contributed by atoms with Gasteiger partial charge in [-0.1, -0.05) is 11.6 Å². The molecule has 0 bridgehead atoms. The largest absolute Gasteiger partial charge is 0.467 e. The second-order valence-electron chi connectivity index (χ2n) is 6.28. The van der Waals surface area contributed by atoms with Crippen LogP contribution in [0.4, 0.5) is 15.9 Å². The Balaban J connectivity index is 1.38. The summed E-state index contributed by atoms with van der Waals surface area (Å²) >= 11 is 5.80. The molecule has 1 N–H and O–H groups in total. The van der Waals surface area contributed by atoms with E-state index in [2.05, 4.69) is 15.3 Å². The van der Waals surface area contributed by atoms with E-state index in [0.717, 1.165) is 5.39 Å². The zero-order chi connectivity index (χ0) is 20.1. The Morgan fingerprint density at radius 1 is 1.14 bits per heavy atom. The number of rotatable bonds is 8. The molecule has 0 radical (unpaired) electrons. The number of benzene rings is 2. The Morgan fingerprint density at radius 2 is 2.00 bits per heavy atom. The summed E-state index contributed by atoms with van der Waals surface area (Å²) in [4.78, 5) is 8.47. The van der Waals surface area contributed by atoms with E-state index in [4.69, 9.17) is 30.5 Å². The maximum Gasteiger partial charge on any atom is 0.189 e. The SMILES string of the molecule is Fc1cc(Cl)ccc1Nc1ncnc2cc(OCOCCC3OCCO3)ccc12. The van der Waals surface area contributed by atoms with Crippen molar-refractivity contribution in [2.45, 2.75) is 12.7 Å². The number of anilines is 2. The highest BCUT2D eigenvalue weighted by Gasteiger charge is 2.15. The molecular formula is C20H19ClFN3O4. The van der Waals surface area contributed by atoms with Crippen molar-refractivity contribution in [2.75, 3.05) is 31.9 Å². The standard InChI is InChI=1S/C20H19ClFN3O4/c21-13-1-4-17(16(22)9-13)25-20-15-3-2-14(10-18(15)23-11-24-20)29-12-26-6-5-19-27-7-8-28-19/h1-4,9-11,19H,5-8,12H2,(H,23,24,25). The van der Waals surface area contributed by atoms with Crippen LogP contribution in [0, 0.1) is 5.82 Å². The number of ether oxygens (including phenoxy) is 4. The molecule has 7 nitrogen and oxygen atoms in total. The van der Waals surface area contributed by atoms with Crippen LogP contribution in [0.15, 0.2) is 42.7 Å². The van der Waals surface area contributed by atoms with Gasteiger partial charge in [0, 0.05) is 22.9 Å². The Bertz CT molecular complexity index is 985. The van der Waals surface area contributed by atoms with Crippen molar-refractivity contribution in [1.82, 2.24) is 9.97 Å². The third-order valence-corrected chi connectivity index (χ3v) is 4.52. The highest BCUT2D eigenvalue weighted by Crippen LogP contribution is 2.28. The average molecular weight is 420 g/mol. The molecule has 0 aliphatic carbocycles. The Hall–Kier alpha value is -2.52. The molecule has 3 aromatic rings. The average Bonchev–Trinajstić information content (AvgIpc) is 3.23. The number of hydrogen-bond donors (Lipinski definition) is 1. The predicted molar refractivity (Wildman–Crippen MR) is 106 cm³/mol. The Labute approximate surface area is 171 Å². The zero-order valence-electron chi connectivity index (χ0n) is 15.4. The lowest BCUT2D eigenvalue weighted by molar-refractivity contribution is -0.0736. The second-order valence-corrected chi connectivity index (χ2v) is 6.72. The fourth-order valence-corrected chi connectivity index (χ4v) is 3.03. The molecule has 0 amide bonds. The quantitative estimate of drug-likeness (QED) is 0.431. The van der Waals surface area contributed by atoms with E-state index >= 15 is 0 Å². The van der Waals surface area contributed by atoms with E-state index in [1.54, 1.807) is 30.3 Å². The number of nitrogens with zero attached hydrogens (tertiary/aromatic N) is 2. The van der Waals surface area contributed by atoms with Crippen molar-refractivity contribution in [3.8, 4) is 5.75 Å². The molecule has 0 atom stereocenters. The third-order valence-electron chi connectivity index (χ3n) is 4.29. The van der Waals surface area contributed by atoms with Crippen molar-refractivity contribution < 1.29 is 23.3 Å². The summed E-state index contributed by atoms with van der Waals surface area (Å²) in [5.41, 5.74) is 0.931. The van der Waals surface area contributed by atoms with Gasteiger partial charge in [-0.05, 0) is 30.3 Å². The van der Waals surface area contributed by atoms with E-state index in [-0.39, 0.29) is 18.8 Å². The number of nitrogens with one attached hydrogen (secondary N) is 1. The number of hydrogen-bond acceptors (Lipinski definition) is 7. The molecule has 1 fully saturated rings. The molecule has 9 heteroatoms. The molecular weight excluding hydrogens is 401 g/mol. The van der Waals surface area contributed by atoms with Gasteiger partial charge in [-0.25, -0.2) is 14.4 Å². The van der Waals surface area contributed by atoms with Crippen molar-refractivity contribution in [3.63, 3.8) is 0 Å². The van der Waals surface area contributed by atoms with Crippen LogP contribution in [0.25, 0.3) is 10.9 Å². The summed E-state index contributed by atoms with van der Waals surface area (Å²) < 4.78 is 35.8. The molecule has 29 heavy (non-hydrogen) atoms. The summed E-state index contributed by atoms with van der Waals surface area (Å²) in [5, 5.41) is 4.03. The lowest BCUT2D eigenvalue weighted by Gasteiger charge is -2.12. The minimum atomic E-state index is -0.463. The minimum Gasteiger partial charge on any atom is -0.467 e. The van der Waals surface area contributed by atoms with Crippen molar-refractivity contribution in [2.24, 2.45) is 0 Å². The molecule has 1 aliphatic rings. The van der Waals surface area contributed by atoms with Crippen LogP contribution in [-0.2, 0) is 14.2 Å². The topological polar surface area (TPSA) is 74.7 Å². The Kier molecular flexibility index (Phi) is 6.36. The zero-order valence-corrected chi connectivity index (χ0v) is 16.2. The van der Waals surface area contributed by atoms with Crippen LogP contribution >= 0.6 is 11.6 Å². The first-order valence-electron chi connectivity index (χ1n) is 9.09. The van der Waals surface area contributed by atoms with E-state index in [1.165, 1.54) is 12.4 Å². The summed E-state index contributed by atoms with van der Waals surface area (Å²) in [6, 6.07) is 9.76. The molecule has 4 rings (SSSR count). The van der Waals surface area contributed by atoms with Gasteiger partial charge < -0.3 is 24.3 Å². The van der Waals surface area contributed by atoms with Crippen LogP contribution < -0.4 is 10.1 Å². The number of aromatic nitrogens is 2. The van der Waals surface area contributed by atoms with Crippen molar-refractivity contribution >= 4 is 34.0 Å². The fourth-order valence-electron chi connectivity index (χ4n) is 2.87. The summed E-state index contributed by atoms with van der Waals surface area (Å²) in [7, 11) is 0. The second kappa shape index (κ2) is 9.32. The van der Waals surface area contributed by atoms with Gasteiger partial charge >= 0.3 is 0 Å². The monoisotopic (exact) mass is 419 g/mol. The first-order valence-corrected chi connectivity index (χ1v) is 9.47. The van der Waals surface area contributed by atoms with E-state index in [0.29, 0.717) is 48.3 Å². The molecule has 2 heterocycles.